The highest BCUT2D eigenvalue weighted by atomic mass is 32.1. The van der Waals surface area contributed by atoms with Crippen LogP contribution in [0.15, 0.2) is 66.3 Å². The lowest BCUT2D eigenvalue weighted by Crippen LogP contribution is -2.34. The minimum Gasteiger partial charge on any atom is -0.340 e. The van der Waals surface area contributed by atoms with E-state index in [0.717, 1.165) is 49.4 Å². The molecule has 2 aromatic carbocycles. The summed E-state index contributed by atoms with van der Waals surface area (Å²) in [5, 5.41) is 5.09. The summed E-state index contributed by atoms with van der Waals surface area (Å²) in [7, 11) is 0. The van der Waals surface area contributed by atoms with Gasteiger partial charge >= 0.3 is 0 Å². The predicted molar refractivity (Wildman–Crippen MR) is 140 cm³/mol. The number of terminal acetylenes is 1. The lowest BCUT2D eigenvalue weighted by molar-refractivity contribution is 0.0954. The molecule has 0 atom stereocenters. The number of amides is 1. The molecule has 36 heavy (non-hydrogen) atoms. The zero-order chi connectivity index (χ0) is 24.9. The van der Waals surface area contributed by atoms with E-state index in [9.17, 15) is 9.18 Å². The first-order chi connectivity index (χ1) is 17.6. The van der Waals surface area contributed by atoms with Crippen molar-refractivity contribution < 1.29 is 9.18 Å². The number of piperidine rings is 1. The Hall–Kier alpha value is -3.80. The van der Waals surface area contributed by atoms with Crippen molar-refractivity contribution in [1.29, 1.82) is 0 Å². The fraction of sp³-hybridized carbons (Fsp3) is 0.250. The standard InChI is InChI=1S/C28H26FN5OS/c1-2-14-30-27(35)24-18-36-28(32-24)26-25(21-8-10-22(29)11-9-21)31-19-34(26)23-12-15-33(16-13-23)17-20-6-4-3-5-7-20/h1,3-11,18-19,23H,12-17H2,(H,30,35). The largest absolute Gasteiger partial charge is 0.340 e. The Kier molecular flexibility index (Phi) is 7.21. The predicted octanol–water partition coefficient (Wildman–Crippen LogP) is 5.01. The molecule has 0 radical (unpaired) electrons. The monoisotopic (exact) mass is 499 g/mol. The van der Waals surface area contributed by atoms with Crippen molar-refractivity contribution in [2.75, 3.05) is 19.6 Å². The zero-order valence-electron chi connectivity index (χ0n) is 19.7. The topological polar surface area (TPSA) is 63.1 Å². The number of thiazole rings is 1. The molecular weight excluding hydrogens is 473 g/mol. The van der Waals surface area contributed by atoms with Crippen LogP contribution < -0.4 is 5.32 Å². The molecule has 0 aliphatic carbocycles. The molecule has 1 amide bonds. The average molecular weight is 500 g/mol. The van der Waals surface area contributed by atoms with E-state index in [-0.39, 0.29) is 24.3 Å². The van der Waals surface area contributed by atoms with Gasteiger partial charge in [0.05, 0.1) is 18.6 Å². The summed E-state index contributed by atoms with van der Waals surface area (Å²) in [6.07, 6.45) is 9.06. The van der Waals surface area contributed by atoms with Crippen molar-refractivity contribution in [1.82, 2.24) is 24.8 Å². The molecule has 0 saturated carbocycles. The van der Waals surface area contributed by atoms with Crippen LogP contribution in [0, 0.1) is 18.2 Å². The number of hydrogen-bond acceptors (Lipinski definition) is 5. The highest BCUT2D eigenvalue weighted by Crippen LogP contribution is 2.37. The maximum Gasteiger partial charge on any atom is 0.271 e. The molecule has 0 unspecified atom stereocenters. The molecule has 1 N–H and O–H groups in total. The molecule has 182 valence electrons. The van der Waals surface area contributed by atoms with Crippen molar-refractivity contribution in [3.8, 4) is 34.3 Å². The molecule has 1 saturated heterocycles. The maximum absolute atomic E-state index is 13.6. The number of nitrogens with zero attached hydrogens (tertiary/aromatic N) is 4. The summed E-state index contributed by atoms with van der Waals surface area (Å²) in [5.41, 5.74) is 4.02. The number of benzene rings is 2. The average Bonchev–Trinajstić information content (AvgIpc) is 3.56. The van der Waals surface area contributed by atoms with Gasteiger partial charge in [0.1, 0.15) is 22.2 Å². The summed E-state index contributed by atoms with van der Waals surface area (Å²) in [6.45, 7) is 3.03. The van der Waals surface area contributed by atoms with Gasteiger partial charge in [0.2, 0.25) is 0 Å². The Bertz CT molecular complexity index is 1370. The van der Waals surface area contributed by atoms with Gasteiger partial charge in [-0.2, -0.15) is 0 Å². The zero-order valence-corrected chi connectivity index (χ0v) is 20.5. The quantitative estimate of drug-likeness (QED) is 0.363. The molecule has 1 fully saturated rings. The van der Waals surface area contributed by atoms with Gasteiger partial charge in [0, 0.05) is 36.6 Å². The van der Waals surface area contributed by atoms with Crippen LogP contribution in [-0.2, 0) is 6.54 Å². The third-order valence-corrected chi connectivity index (χ3v) is 7.25. The van der Waals surface area contributed by atoms with Crippen LogP contribution in [0.5, 0.6) is 0 Å². The van der Waals surface area contributed by atoms with Crippen LogP contribution >= 0.6 is 11.3 Å². The van der Waals surface area contributed by atoms with Gasteiger partial charge < -0.3 is 9.88 Å². The van der Waals surface area contributed by atoms with Crippen molar-refractivity contribution in [2.45, 2.75) is 25.4 Å². The summed E-state index contributed by atoms with van der Waals surface area (Å²) in [6, 6.07) is 17.1. The molecule has 0 spiro atoms. The highest BCUT2D eigenvalue weighted by Gasteiger charge is 2.27. The molecule has 0 bridgehead atoms. The van der Waals surface area contributed by atoms with Crippen molar-refractivity contribution in [3.63, 3.8) is 0 Å². The number of imidazole rings is 1. The highest BCUT2D eigenvalue weighted by molar-refractivity contribution is 7.13. The van der Waals surface area contributed by atoms with Crippen molar-refractivity contribution in [3.05, 3.63) is 83.4 Å². The number of halogens is 1. The van der Waals surface area contributed by atoms with Gasteiger partial charge in [-0.3, -0.25) is 9.69 Å². The normalized spacial score (nSPS) is 14.4. The maximum atomic E-state index is 13.6. The Balaban J connectivity index is 1.42. The van der Waals surface area contributed by atoms with E-state index in [2.05, 4.69) is 50.0 Å². The number of hydrogen-bond donors (Lipinski definition) is 1. The van der Waals surface area contributed by atoms with E-state index in [1.54, 1.807) is 17.5 Å². The van der Waals surface area contributed by atoms with Gasteiger partial charge in [-0.1, -0.05) is 36.3 Å². The van der Waals surface area contributed by atoms with Crippen LogP contribution in [0.1, 0.15) is 34.9 Å². The van der Waals surface area contributed by atoms with Gasteiger partial charge in [0.25, 0.3) is 5.91 Å². The van der Waals surface area contributed by atoms with Crippen LogP contribution in [0.2, 0.25) is 0 Å². The van der Waals surface area contributed by atoms with E-state index in [4.69, 9.17) is 11.4 Å². The first-order valence-electron chi connectivity index (χ1n) is 11.9. The Morgan fingerprint density at radius 1 is 1.14 bits per heavy atom. The SMILES string of the molecule is C#CCNC(=O)c1csc(-c2c(-c3ccc(F)cc3)ncn2C2CCN(Cc3ccccc3)CC2)n1. The summed E-state index contributed by atoms with van der Waals surface area (Å²) >= 11 is 1.39. The summed E-state index contributed by atoms with van der Waals surface area (Å²) in [5.74, 6) is 1.80. The minimum absolute atomic E-state index is 0.145. The molecule has 4 aromatic rings. The van der Waals surface area contributed by atoms with Crippen LogP contribution in [-0.4, -0.2) is 45.0 Å². The molecule has 3 heterocycles. The molecule has 1 aliphatic rings. The summed E-state index contributed by atoms with van der Waals surface area (Å²) < 4.78 is 15.8. The number of carbonyl (C=O) groups excluding carboxylic acids is 1. The van der Waals surface area contributed by atoms with Gasteiger partial charge in [0.15, 0.2) is 0 Å². The van der Waals surface area contributed by atoms with Crippen LogP contribution in [0.3, 0.4) is 0 Å². The molecule has 6 nitrogen and oxygen atoms in total. The van der Waals surface area contributed by atoms with E-state index in [0.29, 0.717) is 10.7 Å². The number of aromatic nitrogens is 3. The Morgan fingerprint density at radius 2 is 1.89 bits per heavy atom. The molecule has 5 rings (SSSR count). The van der Waals surface area contributed by atoms with E-state index >= 15 is 0 Å². The second-order valence-corrected chi connectivity index (χ2v) is 9.63. The van der Waals surface area contributed by atoms with E-state index in [1.165, 1.54) is 29.0 Å². The third kappa shape index (κ3) is 5.23. The number of rotatable bonds is 7. The van der Waals surface area contributed by atoms with Crippen molar-refractivity contribution in [2.24, 2.45) is 0 Å². The first kappa shape index (κ1) is 23.9. The Morgan fingerprint density at radius 3 is 2.61 bits per heavy atom. The lowest BCUT2D eigenvalue weighted by atomic mass is 10.0. The fourth-order valence-electron chi connectivity index (χ4n) is 4.57. The third-order valence-electron chi connectivity index (χ3n) is 6.40. The Labute approximate surface area is 213 Å². The molecular formula is C28H26FN5OS. The smallest absolute Gasteiger partial charge is 0.271 e. The van der Waals surface area contributed by atoms with Crippen molar-refractivity contribution >= 4 is 17.2 Å². The molecule has 1 aliphatic heterocycles. The van der Waals surface area contributed by atoms with Crippen LogP contribution in [0.25, 0.3) is 22.0 Å². The van der Waals surface area contributed by atoms with E-state index < -0.39 is 0 Å². The number of carbonyl (C=O) groups is 1. The number of likely N-dealkylation sites (tertiary alicyclic amines) is 1. The minimum atomic E-state index is -0.306. The molecule has 2 aromatic heterocycles. The van der Waals surface area contributed by atoms with Crippen LogP contribution in [0.4, 0.5) is 4.39 Å². The van der Waals surface area contributed by atoms with E-state index in [1.807, 2.05) is 12.4 Å². The summed E-state index contributed by atoms with van der Waals surface area (Å²) in [4.78, 5) is 24.2. The first-order valence-corrected chi connectivity index (χ1v) is 12.8. The number of nitrogens with one attached hydrogen (secondary N) is 1. The molecule has 8 heteroatoms. The second-order valence-electron chi connectivity index (χ2n) is 8.77. The second kappa shape index (κ2) is 10.9. The van der Waals surface area contributed by atoms with Gasteiger partial charge in [-0.25, -0.2) is 14.4 Å². The van der Waals surface area contributed by atoms with Gasteiger partial charge in [-0.15, -0.1) is 17.8 Å². The van der Waals surface area contributed by atoms with Gasteiger partial charge in [-0.05, 0) is 42.7 Å². The fourth-order valence-corrected chi connectivity index (χ4v) is 5.42. The lowest BCUT2D eigenvalue weighted by Gasteiger charge is -2.33.